The van der Waals surface area contributed by atoms with Gasteiger partial charge in [-0.2, -0.15) is 0 Å². The Bertz CT molecular complexity index is 647. The molecule has 1 N–H and O–H groups in total. The molecule has 1 fully saturated rings. The normalized spacial score (nSPS) is 17.1. The zero-order chi connectivity index (χ0) is 15.1. The molecular weight excluding hydrogens is 268 g/mol. The van der Waals surface area contributed by atoms with E-state index in [2.05, 4.69) is 5.32 Å². The Hall–Kier alpha value is -2.17. The summed E-state index contributed by atoms with van der Waals surface area (Å²) < 4.78 is 0. The Labute approximate surface area is 123 Å². The lowest BCUT2D eigenvalue weighted by molar-refractivity contribution is -0.122. The van der Waals surface area contributed by atoms with E-state index in [0.29, 0.717) is 23.7 Å². The number of hydrogen-bond donors (Lipinski definition) is 1. The highest BCUT2D eigenvalue weighted by Gasteiger charge is 2.38. The van der Waals surface area contributed by atoms with Crippen LogP contribution in [-0.4, -0.2) is 30.7 Å². The molecule has 1 aromatic carbocycles. The van der Waals surface area contributed by atoms with Crippen LogP contribution in [0.1, 0.15) is 34.3 Å². The summed E-state index contributed by atoms with van der Waals surface area (Å²) in [6, 6.07) is 3.67. The number of amides is 2. The number of rotatable bonds is 4. The van der Waals surface area contributed by atoms with Crippen molar-refractivity contribution in [1.29, 1.82) is 0 Å². The largest absolute Gasteiger partial charge is 0.354 e. The molecule has 5 nitrogen and oxygen atoms in total. The summed E-state index contributed by atoms with van der Waals surface area (Å²) in [5, 5.41) is 2.82. The lowest BCUT2D eigenvalue weighted by Gasteiger charge is -2.17. The number of carbonyl (C=O) groups is 3. The third kappa shape index (κ3) is 2.55. The van der Waals surface area contributed by atoms with Gasteiger partial charge in [-0.3, -0.25) is 19.3 Å². The van der Waals surface area contributed by atoms with Crippen molar-refractivity contribution in [2.75, 3.05) is 18.0 Å². The van der Waals surface area contributed by atoms with Gasteiger partial charge in [0, 0.05) is 6.54 Å². The molecule has 0 aromatic heterocycles. The minimum atomic E-state index is -0.611. The van der Waals surface area contributed by atoms with Crippen LogP contribution in [0.3, 0.4) is 0 Å². The Kier molecular flexibility index (Phi) is 3.27. The van der Waals surface area contributed by atoms with Crippen molar-refractivity contribution in [3.63, 3.8) is 0 Å². The summed E-state index contributed by atoms with van der Waals surface area (Å²) in [4.78, 5) is 37.4. The van der Waals surface area contributed by atoms with Crippen molar-refractivity contribution in [3.8, 4) is 0 Å². The number of carbonyl (C=O) groups excluding carboxylic acids is 3. The van der Waals surface area contributed by atoms with Crippen LogP contribution >= 0.6 is 0 Å². The first-order chi connectivity index (χ1) is 9.97. The fourth-order valence-electron chi connectivity index (χ4n) is 2.73. The molecule has 0 spiro atoms. The molecule has 1 aliphatic carbocycles. The van der Waals surface area contributed by atoms with E-state index in [9.17, 15) is 14.4 Å². The van der Waals surface area contributed by atoms with E-state index in [1.54, 1.807) is 6.07 Å². The average molecular weight is 286 g/mol. The van der Waals surface area contributed by atoms with Crippen molar-refractivity contribution in [3.05, 3.63) is 28.8 Å². The Morgan fingerprint density at radius 3 is 2.67 bits per heavy atom. The first-order valence-electron chi connectivity index (χ1n) is 7.21. The first kappa shape index (κ1) is 13.8. The predicted octanol–water partition coefficient (Wildman–Crippen LogP) is 1.36. The summed E-state index contributed by atoms with van der Waals surface area (Å²) in [6.07, 6.45) is 2.31. The third-order valence-corrected chi connectivity index (χ3v) is 4.00. The smallest absolute Gasteiger partial charge is 0.299 e. The van der Waals surface area contributed by atoms with Gasteiger partial charge in [-0.05, 0) is 49.8 Å². The van der Waals surface area contributed by atoms with Gasteiger partial charge in [0.05, 0.1) is 11.3 Å². The molecule has 2 amide bonds. The van der Waals surface area contributed by atoms with Crippen LogP contribution in [0.4, 0.5) is 5.69 Å². The molecule has 21 heavy (non-hydrogen) atoms. The zero-order valence-corrected chi connectivity index (χ0v) is 12.2. The van der Waals surface area contributed by atoms with E-state index in [1.807, 2.05) is 19.9 Å². The van der Waals surface area contributed by atoms with Gasteiger partial charge in [-0.1, -0.05) is 6.07 Å². The standard InChI is InChI=1S/C16H18N2O3/c1-9-5-10(2)14-12(6-9)18(16(21)15(14)20)8-13(19)17-7-11-3-4-11/h5-6,11H,3-4,7-8H2,1-2H3,(H,17,19). The summed E-state index contributed by atoms with van der Waals surface area (Å²) in [7, 11) is 0. The number of nitrogens with one attached hydrogen (secondary N) is 1. The number of hydrogen-bond acceptors (Lipinski definition) is 3. The van der Waals surface area contributed by atoms with E-state index in [1.165, 1.54) is 4.90 Å². The van der Waals surface area contributed by atoms with Gasteiger partial charge in [-0.15, -0.1) is 0 Å². The van der Waals surface area contributed by atoms with E-state index in [-0.39, 0.29) is 12.5 Å². The molecule has 1 aliphatic heterocycles. The van der Waals surface area contributed by atoms with Crippen LogP contribution in [0.2, 0.25) is 0 Å². The van der Waals surface area contributed by atoms with Gasteiger partial charge >= 0.3 is 0 Å². The maximum atomic E-state index is 12.1. The van der Waals surface area contributed by atoms with Crippen LogP contribution < -0.4 is 10.2 Å². The van der Waals surface area contributed by atoms with Gasteiger partial charge in [0.25, 0.3) is 11.7 Å². The maximum Gasteiger partial charge on any atom is 0.299 e. The highest BCUT2D eigenvalue weighted by Crippen LogP contribution is 2.32. The summed E-state index contributed by atoms with van der Waals surface area (Å²) in [5.41, 5.74) is 2.74. The van der Waals surface area contributed by atoms with Crippen molar-refractivity contribution >= 4 is 23.3 Å². The second-order valence-electron chi connectivity index (χ2n) is 5.94. The predicted molar refractivity (Wildman–Crippen MR) is 78.3 cm³/mol. The molecule has 3 rings (SSSR count). The quantitative estimate of drug-likeness (QED) is 0.850. The molecule has 1 heterocycles. The Balaban J connectivity index is 1.81. The molecule has 0 saturated heterocycles. The third-order valence-electron chi connectivity index (χ3n) is 4.00. The second-order valence-corrected chi connectivity index (χ2v) is 5.94. The lowest BCUT2D eigenvalue weighted by Crippen LogP contribution is -2.40. The van der Waals surface area contributed by atoms with E-state index in [4.69, 9.17) is 0 Å². The molecule has 5 heteroatoms. The molecule has 1 saturated carbocycles. The number of aryl methyl sites for hydroxylation is 2. The maximum absolute atomic E-state index is 12.1. The molecule has 0 unspecified atom stereocenters. The SMILES string of the molecule is Cc1cc(C)c2c(c1)N(CC(=O)NCC1CC1)C(=O)C2=O. The van der Waals surface area contributed by atoms with Crippen molar-refractivity contribution < 1.29 is 14.4 Å². The molecular formula is C16H18N2O3. The van der Waals surface area contributed by atoms with Crippen LogP contribution in [0.25, 0.3) is 0 Å². The van der Waals surface area contributed by atoms with E-state index >= 15 is 0 Å². The van der Waals surface area contributed by atoms with Crippen molar-refractivity contribution in [2.45, 2.75) is 26.7 Å². The number of fused-ring (bicyclic) bond motifs is 1. The Morgan fingerprint density at radius 1 is 1.29 bits per heavy atom. The van der Waals surface area contributed by atoms with Crippen LogP contribution in [0.15, 0.2) is 12.1 Å². The summed E-state index contributed by atoms with van der Waals surface area (Å²) >= 11 is 0. The lowest BCUT2D eigenvalue weighted by atomic mass is 10.0. The molecule has 0 atom stereocenters. The van der Waals surface area contributed by atoms with Gasteiger partial charge in [0.15, 0.2) is 0 Å². The van der Waals surface area contributed by atoms with Crippen LogP contribution in [-0.2, 0) is 9.59 Å². The van der Waals surface area contributed by atoms with Crippen molar-refractivity contribution in [2.24, 2.45) is 5.92 Å². The fraction of sp³-hybridized carbons (Fsp3) is 0.438. The number of anilines is 1. The molecule has 1 aromatic rings. The highest BCUT2D eigenvalue weighted by atomic mass is 16.2. The number of nitrogens with zero attached hydrogens (tertiary/aromatic N) is 1. The van der Waals surface area contributed by atoms with E-state index < -0.39 is 11.7 Å². The van der Waals surface area contributed by atoms with Crippen LogP contribution in [0.5, 0.6) is 0 Å². The molecule has 0 bridgehead atoms. The minimum absolute atomic E-state index is 0.0901. The Morgan fingerprint density at radius 2 is 2.00 bits per heavy atom. The van der Waals surface area contributed by atoms with Gasteiger partial charge in [0.2, 0.25) is 5.91 Å². The van der Waals surface area contributed by atoms with Gasteiger partial charge < -0.3 is 5.32 Å². The topological polar surface area (TPSA) is 66.5 Å². The average Bonchev–Trinajstić information content (AvgIpc) is 3.21. The summed E-state index contributed by atoms with van der Waals surface area (Å²) in [6.45, 7) is 4.29. The number of ketones is 1. The first-order valence-corrected chi connectivity index (χ1v) is 7.21. The molecule has 0 radical (unpaired) electrons. The van der Waals surface area contributed by atoms with Gasteiger partial charge in [-0.25, -0.2) is 0 Å². The van der Waals surface area contributed by atoms with Crippen LogP contribution in [0, 0.1) is 19.8 Å². The van der Waals surface area contributed by atoms with Gasteiger partial charge in [0.1, 0.15) is 6.54 Å². The van der Waals surface area contributed by atoms with Crippen molar-refractivity contribution in [1.82, 2.24) is 5.32 Å². The van der Waals surface area contributed by atoms with E-state index in [0.717, 1.165) is 24.0 Å². The molecule has 110 valence electrons. The minimum Gasteiger partial charge on any atom is -0.354 e. The zero-order valence-electron chi connectivity index (χ0n) is 12.2. The molecule has 2 aliphatic rings. The summed E-state index contributed by atoms with van der Waals surface area (Å²) in [5.74, 6) is -0.755. The fourth-order valence-corrected chi connectivity index (χ4v) is 2.73. The highest BCUT2D eigenvalue weighted by molar-refractivity contribution is 6.53. The monoisotopic (exact) mass is 286 g/mol. The number of Topliss-reactive ketones (excluding diaryl/α,β-unsaturated/α-hetero) is 1. The number of benzene rings is 1. The second kappa shape index (κ2) is 4.98.